The highest BCUT2D eigenvalue weighted by Gasteiger charge is 2.11. The summed E-state index contributed by atoms with van der Waals surface area (Å²) in [6.45, 7) is 0. The number of benzene rings is 2. The highest BCUT2D eigenvalue weighted by molar-refractivity contribution is 9.10. The summed E-state index contributed by atoms with van der Waals surface area (Å²) in [7, 11) is 1.94. The van der Waals surface area contributed by atoms with Gasteiger partial charge in [-0.2, -0.15) is 0 Å². The molecule has 0 aromatic heterocycles. The van der Waals surface area contributed by atoms with Gasteiger partial charge in [-0.05, 0) is 61.5 Å². The smallest absolute Gasteiger partial charge is 0.123 e. The second-order valence-corrected chi connectivity index (χ2v) is 7.55. The minimum atomic E-state index is -0.191. The molecular formula is C16H16Br2FNS. The van der Waals surface area contributed by atoms with Gasteiger partial charge in [0.2, 0.25) is 0 Å². The third-order valence-electron chi connectivity index (χ3n) is 3.15. The van der Waals surface area contributed by atoms with E-state index in [0.717, 1.165) is 26.7 Å². The van der Waals surface area contributed by atoms with E-state index in [0.29, 0.717) is 0 Å². The van der Waals surface area contributed by atoms with E-state index in [2.05, 4.69) is 49.3 Å². The van der Waals surface area contributed by atoms with Gasteiger partial charge in [-0.3, -0.25) is 0 Å². The van der Waals surface area contributed by atoms with E-state index in [4.69, 9.17) is 0 Å². The van der Waals surface area contributed by atoms with Crippen molar-refractivity contribution in [3.05, 3.63) is 62.8 Å². The molecule has 0 saturated heterocycles. The van der Waals surface area contributed by atoms with Gasteiger partial charge in [-0.1, -0.05) is 31.9 Å². The van der Waals surface area contributed by atoms with Crippen LogP contribution in [0.25, 0.3) is 0 Å². The van der Waals surface area contributed by atoms with Gasteiger partial charge in [-0.15, -0.1) is 11.8 Å². The fourth-order valence-corrected chi connectivity index (χ4v) is 3.62. The third-order valence-corrected chi connectivity index (χ3v) is 5.62. The number of nitrogens with one attached hydrogen (secondary N) is 1. The standard InChI is InChI=1S/C16H16Br2FNS/c1-20-14(9-11-8-13(19)4-7-16(11)18)10-21-15-5-2-12(17)3-6-15/h2-8,14,20H,9-10H2,1H3. The normalized spacial score (nSPS) is 12.4. The van der Waals surface area contributed by atoms with Crippen molar-refractivity contribution >= 4 is 43.6 Å². The Morgan fingerprint density at radius 3 is 2.52 bits per heavy atom. The first-order chi connectivity index (χ1) is 10.1. The van der Waals surface area contributed by atoms with E-state index in [1.54, 1.807) is 23.9 Å². The van der Waals surface area contributed by atoms with Crippen LogP contribution in [0, 0.1) is 5.82 Å². The lowest BCUT2D eigenvalue weighted by atomic mass is 10.1. The van der Waals surface area contributed by atoms with E-state index in [1.165, 1.54) is 11.0 Å². The molecule has 0 radical (unpaired) electrons. The Labute approximate surface area is 146 Å². The van der Waals surface area contributed by atoms with Crippen molar-refractivity contribution in [1.82, 2.24) is 5.32 Å². The van der Waals surface area contributed by atoms with Crippen LogP contribution in [0.2, 0.25) is 0 Å². The summed E-state index contributed by atoms with van der Waals surface area (Å²) in [6.07, 6.45) is 0.790. The van der Waals surface area contributed by atoms with E-state index >= 15 is 0 Å². The molecule has 0 saturated carbocycles. The minimum Gasteiger partial charge on any atom is -0.316 e. The first kappa shape index (κ1) is 17.0. The summed E-state index contributed by atoms with van der Waals surface area (Å²) in [4.78, 5) is 1.23. The average Bonchev–Trinajstić information content (AvgIpc) is 2.48. The van der Waals surface area contributed by atoms with Crippen LogP contribution in [-0.4, -0.2) is 18.8 Å². The number of hydrogen-bond acceptors (Lipinski definition) is 2. The van der Waals surface area contributed by atoms with Gasteiger partial charge in [0.25, 0.3) is 0 Å². The van der Waals surface area contributed by atoms with Gasteiger partial charge in [0.15, 0.2) is 0 Å². The summed E-state index contributed by atoms with van der Waals surface area (Å²) >= 11 is 8.72. The maximum absolute atomic E-state index is 13.3. The highest BCUT2D eigenvalue weighted by Crippen LogP contribution is 2.24. The Hall–Kier alpha value is -0.360. The van der Waals surface area contributed by atoms with E-state index in [1.807, 2.05) is 19.2 Å². The minimum absolute atomic E-state index is 0.191. The molecule has 2 aromatic carbocycles. The van der Waals surface area contributed by atoms with Crippen molar-refractivity contribution in [1.29, 1.82) is 0 Å². The topological polar surface area (TPSA) is 12.0 Å². The first-order valence-electron chi connectivity index (χ1n) is 6.58. The molecule has 0 fully saturated rings. The van der Waals surface area contributed by atoms with Crippen molar-refractivity contribution in [3.63, 3.8) is 0 Å². The molecular weight excluding hydrogens is 417 g/mol. The number of rotatable bonds is 6. The molecule has 1 nitrogen and oxygen atoms in total. The van der Waals surface area contributed by atoms with Crippen molar-refractivity contribution < 1.29 is 4.39 Å². The van der Waals surface area contributed by atoms with Gasteiger partial charge in [0, 0.05) is 25.6 Å². The fraction of sp³-hybridized carbons (Fsp3) is 0.250. The number of hydrogen-bond donors (Lipinski definition) is 1. The monoisotopic (exact) mass is 431 g/mol. The Morgan fingerprint density at radius 1 is 1.14 bits per heavy atom. The molecule has 0 spiro atoms. The summed E-state index contributed by atoms with van der Waals surface area (Å²) in [5.74, 6) is 0.741. The Balaban J connectivity index is 1.96. The zero-order valence-electron chi connectivity index (χ0n) is 11.6. The number of likely N-dealkylation sites (N-methyl/N-ethyl adjacent to an activating group) is 1. The molecule has 0 aliphatic carbocycles. The lowest BCUT2D eigenvalue weighted by molar-refractivity contribution is 0.601. The largest absolute Gasteiger partial charge is 0.316 e. The lowest BCUT2D eigenvalue weighted by Crippen LogP contribution is -2.30. The third kappa shape index (κ3) is 5.40. The van der Waals surface area contributed by atoms with E-state index < -0.39 is 0 Å². The lowest BCUT2D eigenvalue weighted by Gasteiger charge is -2.17. The molecule has 0 heterocycles. The van der Waals surface area contributed by atoms with Crippen molar-refractivity contribution in [2.75, 3.05) is 12.8 Å². The number of thioether (sulfide) groups is 1. The predicted octanol–water partition coefficient (Wildman–Crippen LogP) is 5.27. The molecule has 112 valence electrons. The predicted molar refractivity (Wildman–Crippen MR) is 95.5 cm³/mol. The summed E-state index contributed by atoms with van der Waals surface area (Å²) < 4.78 is 15.4. The van der Waals surface area contributed by atoms with E-state index in [-0.39, 0.29) is 11.9 Å². The Bertz CT molecular complexity index is 589. The quantitative estimate of drug-likeness (QED) is 0.623. The molecule has 5 heteroatoms. The summed E-state index contributed by atoms with van der Waals surface area (Å²) in [5, 5.41) is 3.31. The van der Waals surface area contributed by atoms with Gasteiger partial charge < -0.3 is 5.32 Å². The fourth-order valence-electron chi connectivity index (χ4n) is 1.94. The summed E-state index contributed by atoms with van der Waals surface area (Å²) in [5.41, 5.74) is 0.991. The average molecular weight is 433 g/mol. The Kier molecular flexibility index (Phi) is 6.74. The molecule has 1 atom stereocenters. The molecule has 2 aromatic rings. The first-order valence-corrected chi connectivity index (χ1v) is 9.15. The van der Waals surface area contributed by atoms with Gasteiger partial charge in [0.05, 0.1) is 0 Å². The highest BCUT2D eigenvalue weighted by atomic mass is 79.9. The Morgan fingerprint density at radius 2 is 1.86 bits per heavy atom. The van der Waals surface area contributed by atoms with Crippen LogP contribution in [0.1, 0.15) is 5.56 Å². The van der Waals surface area contributed by atoms with Gasteiger partial charge in [-0.25, -0.2) is 4.39 Å². The van der Waals surface area contributed by atoms with Crippen LogP contribution < -0.4 is 5.32 Å². The molecule has 1 unspecified atom stereocenters. The van der Waals surface area contributed by atoms with E-state index in [9.17, 15) is 4.39 Å². The molecule has 0 amide bonds. The second kappa shape index (κ2) is 8.32. The molecule has 0 aliphatic rings. The number of halogens is 3. The second-order valence-electron chi connectivity index (χ2n) is 4.69. The molecule has 0 aliphatic heterocycles. The van der Waals surface area contributed by atoms with Gasteiger partial charge in [0.1, 0.15) is 5.82 Å². The molecule has 21 heavy (non-hydrogen) atoms. The maximum Gasteiger partial charge on any atom is 0.123 e. The van der Waals surface area contributed by atoms with Crippen LogP contribution >= 0.6 is 43.6 Å². The zero-order chi connectivity index (χ0) is 15.2. The van der Waals surface area contributed by atoms with Crippen LogP contribution in [0.15, 0.2) is 56.3 Å². The van der Waals surface area contributed by atoms with Gasteiger partial charge >= 0.3 is 0 Å². The van der Waals surface area contributed by atoms with Crippen LogP contribution in [0.3, 0.4) is 0 Å². The summed E-state index contributed by atoms with van der Waals surface area (Å²) in [6, 6.07) is 13.4. The molecule has 2 rings (SSSR count). The maximum atomic E-state index is 13.3. The SMILES string of the molecule is CNC(CSc1ccc(Br)cc1)Cc1cc(F)ccc1Br. The van der Waals surface area contributed by atoms with Crippen LogP contribution in [0.5, 0.6) is 0 Å². The van der Waals surface area contributed by atoms with Crippen molar-refractivity contribution in [2.24, 2.45) is 0 Å². The zero-order valence-corrected chi connectivity index (χ0v) is 15.6. The molecule has 1 N–H and O–H groups in total. The van der Waals surface area contributed by atoms with Crippen LogP contribution in [-0.2, 0) is 6.42 Å². The van der Waals surface area contributed by atoms with Crippen LogP contribution in [0.4, 0.5) is 4.39 Å². The van der Waals surface area contributed by atoms with Crippen molar-refractivity contribution in [2.45, 2.75) is 17.4 Å². The molecule has 0 bridgehead atoms. The van der Waals surface area contributed by atoms with Crippen molar-refractivity contribution in [3.8, 4) is 0 Å².